The summed E-state index contributed by atoms with van der Waals surface area (Å²) in [5.41, 5.74) is 0.710. The molecular formula is C16H19N7OS. The van der Waals surface area contributed by atoms with Gasteiger partial charge in [-0.1, -0.05) is 5.92 Å². The normalized spacial score (nSPS) is 9.96. The molecule has 25 heavy (non-hydrogen) atoms. The Labute approximate surface area is 151 Å². The molecule has 1 amide bonds. The van der Waals surface area contributed by atoms with Gasteiger partial charge >= 0.3 is 0 Å². The highest BCUT2D eigenvalue weighted by molar-refractivity contribution is 7.80. The predicted octanol–water partition coefficient (Wildman–Crippen LogP) is 0.950. The van der Waals surface area contributed by atoms with Gasteiger partial charge in [0.25, 0.3) is 0 Å². The van der Waals surface area contributed by atoms with Crippen LogP contribution in [0, 0.1) is 12.3 Å². The van der Waals surface area contributed by atoms with E-state index in [0.29, 0.717) is 29.0 Å². The highest BCUT2D eigenvalue weighted by atomic mass is 32.1. The van der Waals surface area contributed by atoms with Crippen LogP contribution < -0.4 is 10.6 Å². The number of nitrogens with zero attached hydrogens (tertiary/aromatic N) is 5. The number of terminal acetylenes is 1. The van der Waals surface area contributed by atoms with Crippen LogP contribution in [0.2, 0.25) is 0 Å². The summed E-state index contributed by atoms with van der Waals surface area (Å²) < 4.78 is 1.74. The second-order valence-corrected chi connectivity index (χ2v) is 5.51. The van der Waals surface area contributed by atoms with Crippen LogP contribution >= 0.6 is 12.2 Å². The van der Waals surface area contributed by atoms with Crippen LogP contribution in [0.5, 0.6) is 0 Å². The fraction of sp³-hybridized carbons (Fsp3) is 0.312. The monoisotopic (exact) mass is 357 g/mol. The molecule has 0 saturated heterocycles. The third-order valence-corrected chi connectivity index (χ3v) is 3.46. The molecule has 0 spiro atoms. The van der Waals surface area contributed by atoms with E-state index < -0.39 is 0 Å². The van der Waals surface area contributed by atoms with E-state index in [-0.39, 0.29) is 12.5 Å². The van der Waals surface area contributed by atoms with Crippen LogP contribution in [0.1, 0.15) is 19.5 Å². The molecule has 0 bridgehead atoms. The molecule has 0 unspecified atom stereocenters. The Morgan fingerprint density at radius 2 is 2.24 bits per heavy atom. The first kappa shape index (κ1) is 18.4. The van der Waals surface area contributed by atoms with Crippen molar-refractivity contribution in [3.05, 3.63) is 30.6 Å². The Morgan fingerprint density at radius 1 is 1.44 bits per heavy atom. The van der Waals surface area contributed by atoms with Crippen molar-refractivity contribution in [2.75, 3.05) is 18.4 Å². The van der Waals surface area contributed by atoms with Crippen LogP contribution in [0.3, 0.4) is 0 Å². The highest BCUT2D eigenvalue weighted by Gasteiger charge is 2.11. The van der Waals surface area contributed by atoms with Gasteiger partial charge < -0.3 is 15.5 Å². The number of anilines is 1. The first-order chi connectivity index (χ1) is 12.0. The quantitative estimate of drug-likeness (QED) is 0.588. The molecule has 0 aliphatic rings. The number of aromatic nitrogens is 4. The molecule has 0 saturated carbocycles. The molecule has 0 aromatic carbocycles. The molecule has 0 aliphatic heterocycles. The Bertz CT molecular complexity index is 796. The molecule has 0 aliphatic carbocycles. The van der Waals surface area contributed by atoms with Crippen LogP contribution in [-0.2, 0) is 11.3 Å². The first-order valence-corrected chi connectivity index (χ1v) is 8.03. The van der Waals surface area contributed by atoms with Crippen molar-refractivity contribution >= 4 is 29.1 Å². The topological polar surface area (TPSA) is 88.0 Å². The van der Waals surface area contributed by atoms with Crippen molar-refractivity contribution in [2.24, 2.45) is 0 Å². The molecule has 8 nitrogen and oxygen atoms in total. The van der Waals surface area contributed by atoms with Crippen molar-refractivity contribution in [1.82, 2.24) is 29.7 Å². The zero-order valence-corrected chi connectivity index (χ0v) is 14.9. The molecule has 2 N–H and O–H groups in total. The van der Waals surface area contributed by atoms with Crippen molar-refractivity contribution in [1.29, 1.82) is 0 Å². The lowest BCUT2D eigenvalue weighted by atomic mass is 10.4. The maximum atomic E-state index is 11.6. The van der Waals surface area contributed by atoms with E-state index in [1.807, 2.05) is 6.92 Å². The number of carbonyl (C=O) groups excluding carboxylic acids is 1. The van der Waals surface area contributed by atoms with Gasteiger partial charge in [-0.15, -0.1) is 6.42 Å². The fourth-order valence-corrected chi connectivity index (χ4v) is 2.28. The summed E-state index contributed by atoms with van der Waals surface area (Å²) in [6.07, 6.45) is 10.1. The number of rotatable bonds is 6. The van der Waals surface area contributed by atoms with E-state index in [0.717, 1.165) is 6.54 Å². The minimum Gasteiger partial charge on any atom is -0.363 e. The number of amides is 1. The maximum Gasteiger partial charge on any atom is 0.220 e. The maximum absolute atomic E-state index is 11.6. The summed E-state index contributed by atoms with van der Waals surface area (Å²) in [7, 11) is 0. The molecule has 0 atom stereocenters. The molecule has 9 heteroatoms. The Balaban J connectivity index is 2.12. The van der Waals surface area contributed by atoms with E-state index >= 15 is 0 Å². The third-order valence-electron chi connectivity index (χ3n) is 3.21. The number of imidazole rings is 1. The molecule has 2 aromatic heterocycles. The first-order valence-electron chi connectivity index (χ1n) is 7.62. The number of nitrogens with one attached hydrogen (secondary N) is 2. The Morgan fingerprint density at radius 3 is 2.92 bits per heavy atom. The average Bonchev–Trinajstić information content (AvgIpc) is 3.03. The van der Waals surface area contributed by atoms with Gasteiger partial charge in [-0.3, -0.25) is 9.36 Å². The average molecular weight is 357 g/mol. The van der Waals surface area contributed by atoms with Crippen LogP contribution in [0.25, 0.3) is 5.82 Å². The van der Waals surface area contributed by atoms with E-state index in [2.05, 4.69) is 31.5 Å². The number of hydrogen-bond donors (Lipinski definition) is 2. The van der Waals surface area contributed by atoms with E-state index in [1.165, 1.54) is 18.2 Å². The minimum absolute atomic E-state index is 0.0991. The van der Waals surface area contributed by atoms with Gasteiger partial charge in [0.05, 0.1) is 18.8 Å². The van der Waals surface area contributed by atoms with Crippen LogP contribution in [-0.4, -0.2) is 48.5 Å². The largest absolute Gasteiger partial charge is 0.363 e. The van der Waals surface area contributed by atoms with Gasteiger partial charge in [0.1, 0.15) is 24.3 Å². The minimum atomic E-state index is -0.0991. The molecule has 2 aromatic rings. The summed E-state index contributed by atoms with van der Waals surface area (Å²) in [6, 6.07) is 1.75. The van der Waals surface area contributed by atoms with Crippen molar-refractivity contribution < 1.29 is 4.79 Å². The number of carbonyl (C=O) groups is 1. The fourth-order valence-electron chi connectivity index (χ4n) is 2.03. The van der Waals surface area contributed by atoms with E-state index in [9.17, 15) is 4.79 Å². The molecule has 0 fully saturated rings. The second-order valence-electron chi connectivity index (χ2n) is 5.10. The van der Waals surface area contributed by atoms with Gasteiger partial charge in [0.15, 0.2) is 5.11 Å². The van der Waals surface area contributed by atoms with Gasteiger partial charge in [0, 0.05) is 25.7 Å². The Hall–Kier alpha value is -2.99. The third kappa shape index (κ3) is 5.26. The molecular weight excluding hydrogens is 338 g/mol. The zero-order valence-electron chi connectivity index (χ0n) is 14.1. The summed E-state index contributed by atoms with van der Waals surface area (Å²) in [4.78, 5) is 25.8. The molecule has 0 radical (unpaired) electrons. The highest BCUT2D eigenvalue weighted by Crippen LogP contribution is 2.11. The number of thiocarbonyl (C=S) groups is 1. The van der Waals surface area contributed by atoms with E-state index in [1.54, 1.807) is 23.2 Å². The van der Waals surface area contributed by atoms with Gasteiger partial charge in [-0.2, -0.15) is 0 Å². The van der Waals surface area contributed by atoms with Crippen molar-refractivity contribution in [3.63, 3.8) is 0 Å². The summed E-state index contributed by atoms with van der Waals surface area (Å²) >= 11 is 5.14. The summed E-state index contributed by atoms with van der Waals surface area (Å²) in [6.45, 7) is 4.73. The van der Waals surface area contributed by atoms with Gasteiger partial charge in [-0.05, 0) is 19.1 Å². The smallest absolute Gasteiger partial charge is 0.220 e. The van der Waals surface area contributed by atoms with Gasteiger partial charge in [-0.25, -0.2) is 15.0 Å². The predicted molar refractivity (Wildman–Crippen MR) is 99.0 cm³/mol. The van der Waals surface area contributed by atoms with Gasteiger partial charge in [0.2, 0.25) is 5.91 Å². The lowest BCUT2D eigenvalue weighted by molar-refractivity contribution is -0.128. The standard InChI is InChI=1S/C16H19N7OS/c1-4-6-22(12(3)24)8-13-9-23(11-20-13)15-7-14(18-10-19-15)21-16(25)17-5-2/h1,7,9-11H,5-6,8H2,2-3H3,(H2,17,18,19,21,25). The zero-order chi connectivity index (χ0) is 18.2. The molecule has 130 valence electrons. The van der Waals surface area contributed by atoms with Crippen LogP contribution in [0.15, 0.2) is 24.9 Å². The SMILES string of the molecule is C#CCN(Cc1cn(-c2cc(NC(=S)NCC)ncn2)cn1)C(C)=O. The van der Waals surface area contributed by atoms with Crippen LogP contribution in [0.4, 0.5) is 5.82 Å². The summed E-state index contributed by atoms with van der Waals surface area (Å²) in [5.74, 6) is 3.57. The Kier molecular flexibility index (Phi) is 6.42. The van der Waals surface area contributed by atoms with Crippen molar-refractivity contribution in [2.45, 2.75) is 20.4 Å². The second kappa shape index (κ2) is 8.75. The molecule has 2 rings (SSSR count). The van der Waals surface area contributed by atoms with E-state index in [4.69, 9.17) is 18.6 Å². The summed E-state index contributed by atoms with van der Waals surface area (Å²) in [5, 5.41) is 6.46. The molecule has 2 heterocycles. The lowest BCUT2D eigenvalue weighted by Crippen LogP contribution is -2.28. The number of hydrogen-bond acceptors (Lipinski definition) is 5. The lowest BCUT2D eigenvalue weighted by Gasteiger charge is -2.16. The van der Waals surface area contributed by atoms with Crippen molar-refractivity contribution in [3.8, 4) is 18.2 Å².